The van der Waals surface area contributed by atoms with Crippen LogP contribution < -0.4 is 14.2 Å². The number of benzene rings is 2. The Balaban J connectivity index is 2.21. The van der Waals surface area contributed by atoms with Gasteiger partial charge in [-0.1, -0.05) is 12.1 Å². The van der Waals surface area contributed by atoms with E-state index >= 15 is 0 Å². The Labute approximate surface area is 140 Å². The predicted octanol–water partition coefficient (Wildman–Crippen LogP) is 4.14. The van der Waals surface area contributed by atoms with Crippen LogP contribution in [0.2, 0.25) is 0 Å². The Kier molecular flexibility index (Phi) is 5.95. The van der Waals surface area contributed by atoms with E-state index in [2.05, 4.69) is 0 Å². The topological polar surface area (TPSA) is 44.8 Å². The summed E-state index contributed by atoms with van der Waals surface area (Å²) in [6.07, 6.45) is 2.93. The zero-order chi connectivity index (χ0) is 17.5. The molecule has 0 unspecified atom stereocenters. The van der Waals surface area contributed by atoms with Gasteiger partial charge in [0.25, 0.3) is 0 Å². The zero-order valence-electron chi connectivity index (χ0n) is 13.8. The van der Waals surface area contributed by atoms with Crippen molar-refractivity contribution in [3.8, 4) is 17.2 Å². The van der Waals surface area contributed by atoms with Crippen LogP contribution in [-0.2, 0) is 0 Å². The molecule has 0 amide bonds. The fourth-order valence-electron chi connectivity index (χ4n) is 2.15. The predicted molar refractivity (Wildman–Crippen MR) is 90.5 cm³/mol. The van der Waals surface area contributed by atoms with Crippen molar-refractivity contribution in [2.45, 2.75) is 6.92 Å². The first-order valence-electron chi connectivity index (χ1n) is 7.45. The zero-order valence-corrected chi connectivity index (χ0v) is 13.8. The molecule has 5 heteroatoms. The Bertz CT molecular complexity index is 753. The van der Waals surface area contributed by atoms with Gasteiger partial charge in [-0.15, -0.1) is 0 Å². The molecule has 0 N–H and O–H groups in total. The highest BCUT2D eigenvalue weighted by Crippen LogP contribution is 2.28. The molecule has 0 bridgehead atoms. The van der Waals surface area contributed by atoms with Gasteiger partial charge in [-0.05, 0) is 42.8 Å². The van der Waals surface area contributed by atoms with Crippen molar-refractivity contribution in [2.24, 2.45) is 0 Å². The number of allylic oxidation sites excluding steroid dienone is 1. The number of hydrogen-bond donors (Lipinski definition) is 0. The summed E-state index contributed by atoms with van der Waals surface area (Å²) in [6.45, 7) is 2.37. The molecule has 0 aliphatic carbocycles. The molecule has 2 aromatic carbocycles. The largest absolute Gasteiger partial charge is 0.497 e. The number of ketones is 1. The highest BCUT2D eigenvalue weighted by Gasteiger charge is 2.10. The van der Waals surface area contributed by atoms with Gasteiger partial charge in [0.05, 0.1) is 26.4 Å². The summed E-state index contributed by atoms with van der Waals surface area (Å²) in [5, 5.41) is 0. The first-order chi connectivity index (χ1) is 11.6. The maximum Gasteiger partial charge on any atom is 0.188 e. The Morgan fingerprint density at radius 2 is 1.88 bits per heavy atom. The van der Waals surface area contributed by atoms with Crippen molar-refractivity contribution >= 4 is 11.9 Å². The lowest BCUT2D eigenvalue weighted by Crippen LogP contribution is -1.99. The number of carbonyl (C=O) groups is 1. The smallest absolute Gasteiger partial charge is 0.188 e. The van der Waals surface area contributed by atoms with Gasteiger partial charge in [0.1, 0.15) is 11.6 Å². The average molecular weight is 330 g/mol. The van der Waals surface area contributed by atoms with E-state index in [1.54, 1.807) is 37.5 Å². The van der Waals surface area contributed by atoms with Crippen LogP contribution in [0.3, 0.4) is 0 Å². The summed E-state index contributed by atoms with van der Waals surface area (Å²) >= 11 is 0. The van der Waals surface area contributed by atoms with Crippen molar-refractivity contribution in [1.82, 2.24) is 0 Å². The second kappa shape index (κ2) is 8.15. The minimum Gasteiger partial charge on any atom is -0.497 e. The fourth-order valence-corrected chi connectivity index (χ4v) is 2.15. The summed E-state index contributed by atoms with van der Waals surface area (Å²) in [7, 11) is 3.00. The van der Waals surface area contributed by atoms with Gasteiger partial charge in [-0.3, -0.25) is 4.79 Å². The van der Waals surface area contributed by atoms with Crippen LogP contribution in [0, 0.1) is 5.82 Å². The molecular formula is C19H19FO4. The van der Waals surface area contributed by atoms with Crippen LogP contribution in [0.4, 0.5) is 4.39 Å². The summed E-state index contributed by atoms with van der Waals surface area (Å²) in [4.78, 5) is 12.1. The third-order valence-electron chi connectivity index (χ3n) is 3.36. The fraction of sp³-hybridized carbons (Fsp3) is 0.211. The number of carbonyl (C=O) groups excluding carboxylic acids is 1. The second-order valence-electron chi connectivity index (χ2n) is 4.89. The van der Waals surface area contributed by atoms with Gasteiger partial charge in [0.15, 0.2) is 17.3 Å². The molecule has 0 atom stereocenters. The van der Waals surface area contributed by atoms with E-state index < -0.39 is 11.6 Å². The van der Waals surface area contributed by atoms with E-state index in [1.165, 1.54) is 25.3 Å². The lowest BCUT2D eigenvalue weighted by Gasteiger charge is -2.09. The van der Waals surface area contributed by atoms with E-state index in [9.17, 15) is 9.18 Å². The normalized spacial score (nSPS) is 10.7. The molecule has 0 heterocycles. The summed E-state index contributed by atoms with van der Waals surface area (Å²) in [6, 6.07) is 9.43. The van der Waals surface area contributed by atoms with Gasteiger partial charge in [-0.25, -0.2) is 4.39 Å². The minimum atomic E-state index is -0.617. The monoisotopic (exact) mass is 330 g/mol. The minimum absolute atomic E-state index is 0.00871. The van der Waals surface area contributed by atoms with Gasteiger partial charge < -0.3 is 14.2 Å². The van der Waals surface area contributed by atoms with Crippen molar-refractivity contribution in [3.05, 3.63) is 59.4 Å². The number of hydrogen-bond acceptors (Lipinski definition) is 4. The Morgan fingerprint density at radius 3 is 2.50 bits per heavy atom. The molecule has 126 valence electrons. The number of methoxy groups -OCH3 is 2. The number of halogens is 1. The number of rotatable bonds is 7. The third-order valence-corrected chi connectivity index (χ3v) is 3.36. The first kappa shape index (κ1) is 17.5. The van der Waals surface area contributed by atoms with Gasteiger partial charge in [-0.2, -0.15) is 0 Å². The van der Waals surface area contributed by atoms with Crippen molar-refractivity contribution in [2.75, 3.05) is 20.8 Å². The average Bonchev–Trinajstić information content (AvgIpc) is 2.60. The molecule has 0 aliphatic heterocycles. The van der Waals surface area contributed by atoms with Crippen molar-refractivity contribution in [3.63, 3.8) is 0 Å². The van der Waals surface area contributed by atoms with Crippen LogP contribution >= 0.6 is 0 Å². The molecular weight excluding hydrogens is 311 g/mol. The molecule has 0 fully saturated rings. The van der Waals surface area contributed by atoms with E-state index in [1.807, 2.05) is 6.92 Å². The molecule has 0 aliphatic rings. The SMILES string of the molecule is CCOc1cc(C=CC(=O)c2ccc(OC)cc2F)ccc1OC. The van der Waals surface area contributed by atoms with E-state index in [-0.39, 0.29) is 5.56 Å². The highest BCUT2D eigenvalue weighted by atomic mass is 19.1. The molecule has 2 aromatic rings. The molecule has 0 saturated heterocycles. The highest BCUT2D eigenvalue weighted by molar-refractivity contribution is 6.07. The molecule has 0 saturated carbocycles. The van der Waals surface area contributed by atoms with Crippen LogP contribution in [-0.4, -0.2) is 26.6 Å². The summed E-state index contributed by atoms with van der Waals surface area (Å²) in [5.74, 6) is 0.522. The van der Waals surface area contributed by atoms with E-state index in [0.717, 1.165) is 5.56 Å². The maximum atomic E-state index is 13.9. The summed E-state index contributed by atoms with van der Waals surface area (Å²) < 4.78 is 29.5. The molecule has 24 heavy (non-hydrogen) atoms. The van der Waals surface area contributed by atoms with Gasteiger partial charge in [0, 0.05) is 6.07 Å². The Hall–Kier alpha value is -2.82. The standard InChI is InChI=1S/C19H19FO4/c1-4-24-19-11-13(6-10-18(19)23-3)5-9-17(21)15-8-7-14(22-2)12-16(15)20/h5-12H,4H2,1-3H3. The number of ether oxygens (including phenoxy) is 3. The second-order valence-corrected chi connectivity index (χ2v) is 4.89. The van der Waals surface area contributed by atoms with Crippen LogP contribution in [0.15, 0.2) is 42.5 Å². The van der Waals surface area contributed by atoms with E-state index in [4.69, 9.17) is 14.2 Å². The Morgan fingerprint density at radius 1 is 1.08 bits per heavy atom. The van der Waals surface area contributed by atoms with Crippen LogP contribution in [0.5, 0.6) is 17.2 Å². The summed E-state index contributed by atoms with van der Waals surface area (Å²) in [5.41, 5.74) is 0.743. The van der Waals surface area contributed by atoms with Crippen molar-refractivity contribution < 1.29 is 23.4 Å². The third kappa shape index (κ3) is 4.13. The molecule has 0 aromatic heterocycles. The van der Waals surface area contributed by atoms with E-state index in [0.29, 0.717) is 23.9 Å². The molecule has 4 nitrogen and oxygen atoms in total. The lowest BCUT2D eigenvalue weighted by atomic mass is 10.1. The van der Waals surface area contributed by atoms with Gasteiger partial charge >= 0.3 is 0 Å². The van der Waals surface area contributed by atoms with Crippen LogP contribution in [0.25, 0.3) is 6.08 Å². The maximum absolute atomic E-state index is 13.9. The van der Waals surface area contributed by atoms with Crippen LogP contribution in [0.1, 0.15) is 22.8 Å². The molecule has 0 spiro atoms. The van der Waals surface area contributed by atoms with Crippen molar-refractivity contribution in [1.29, 1.82) is 0 Å². The first-order valence-corrected chi connectivity index (χ1v) is 7.45. The molecule has 2 rings (SSSR count). The molecule has 0 radical (unpaired) electrons. The van der Waals surface area contributed by atoms with Gasteiger partial charge in [0.2, 0.25) is 0 Å². The lowest BCUT2D eigenvalue weighted by molar-refractivity contribution is 0.104. The quantitative estimate of drug-likeness (QED) is 0.565.